The summed E-state index contributed by atoms with van der Waals surface area (Å²) in [6, 6.07) is 6.23. The summed E-state index contributed by atoms with van der Waals surface area (Å²) in [5, 5.41) is 6.21. The zero-order valence-electron chi connectivity index (χ0n) is 15.3. The van der Waals surface area contributed by atoms with Crippen molar-refractivity contribution in [3.8, 4) is 0 Å². The molecule has 0 saturated carbocycles. The average Bonchev–Trinajstić information content (AvgIpc) is 2.48. The molecule has 1 heterocycles. The van der Waals surface area contributed by atoms with Gasteiger partial charge in [-0.1, -0.05) is 32.0 Å². The van der Waals surface area contributed by atoms with E-state index in [-0.39, 0.29) is 11.4 Å². The number of anilines is 2. The first kappa shape index (κ1) is 17.9. The number of hydrogen-bond donors (Lipinski definition) is 2. The van der Waals surface area contributed by atoms with E-state index in [2.05, 4.69) is 59.6 Å². The lowest BCUT2D eigenvalue weighted by atomic mass is 9.98. The fourth-order valence-corrected chi connectivity index (χ4v) is 2.38. The van der Waals surface area contributed by atoms with Crippen molar-refractivity contribution < 1.29 is 4.79 Å². The molecule has 5 nitrogen and oxygen atoms in total. The highest BCUT2D eigenvalue weighted by Crippen LogP contribution is 2.29. The summed E-state index contributed by atoms with van der Waals surface area (Å²) < 4.78 is 0. The van der Waals surface area contributed by atoms with Crippen LogP contribution < -0.4 is 10.6 Å². The van der Waals surface area contributed by atoms with E-state index in [4.69, 9.17) is 0 Å². The molecule has 0 atom stereocenters. The molecule has 0 aliphatic carbocycles. The molecule has 0 spiro atoms. The van der Waals surface area contributed by atoms with Crippen LogP contribution in [0.5, 0.6) is 0 Å². The van der Waals surface area contributed by atoms with Crippen LogP contribution in [0.2, 0.25) is 0 Å². The molecule has 0 radical (unpaired) electrons. The predicted molar refractivity (Wildman–Crippen MR) is 97.8 cm³/mol. The van der Waals surface area contributed by atoms with Crippen LogP contribution in [0, 0.1) is 6.92 Å². The molecule has 2 N–H and O–H groups in total. The topological polar surface area (TPSA) is 66.9 Å². The standard InChI is InChI=1S/C19H26N4O/c1-12(2)14-9-7-8-13(3)17(14)22-16-11-20-15(10-21-16)18(24)23-19(4,5)6/h7-12H,1-6H3,(H,21,22)(H,23,24). The van der Waals surface area contributed by atoms with E-state index in [9.17, 15) is 4.79 Å². The van der Waals surface area contributed by atoms with Crippen LogP contribution in [0.15, 0.2) is 30.6 Å². The summed E-state index contributed by atoms with van der Waals surface area (Å²) in [5.74, 6) is 0.802. The monoisotopic (exact) mass is 326 g/mol. The minimum absolute atomic E-state index is 0.222. The first-order valence-corrected chi connectivity index (χ1v) is 8.18. The number of nitrogens with zero attached hydrogens (tertiary/aromatic N) is 2. The molecule has 0 bridgehead atoms. The van der Waals surface area contributed by atoms with Gasteiger partial charge in [0.05, 0.1) is 12.4 Å². The van der Waals surface area contributed by atoms with E-state index in [1.54, 1.807) is 6.20 Å². The van der Waals surface area contributed by atoms with Gasteiger partial charge in [0, 0.05) is 11.2 Å². The third-order valence-corrected chi connectivity index (χ3v) is 3.55. The highest BCUT2D eigenvalue weighted by Gasteiger charge is 2.17. The van der Waals surface area contributed by atoms with Crippen molar-refractivity contribution in [3.05, 3.63) is 47.4 Å². The van der Waals surface area contributed by atoms with Crippen LogP contribution in [-0.4, -0.2) is 21.4 Å². The van der Waals surface area contributed by atoms with Crippen molar-refractivity contribution in [2.24, 2.45) is 0 Å². The van der Waals surface area contributed by atoms with E-state index in [1.807, 2.05) is 20.8 Å². The van der Waals surface area contributed by atoms with Gasteiger partial charge in [0.1, 0.15) is 11.5 Å². The highest BCUT2D eigenvalue weighted by atomic mass is 16.2. The molecular weight excluding hydrogens is 300 g/mol. The molecule has 1 aromatic carbocycles. The molecule has 0 unspecified atom stereocenters. The normalized spacial score (nSPS) is 11.5. The van der Waals surface area contributed by atoms with Gasteiger partial charge in [-0.05, 0) is 44.7 Å². The molecule has 0 aliphatic rings. The number of nitrogens with one attached hydrogen (secondary N) is 2. The average molecular weight is 326 g/mol. The van der Waals surface area contributed by atoms with Crippen LogP contribution in [-0.2, 0) is 0 Å². The van der Waals surface area contributed by atoms with E-state index in [1.165, 1.54) is 11.8 Å². The molecule has 1 aromatic heterocycles. The van der Waals surface area contributed by atoms with Gasteiger partial charge in [-0.2, -0.15) is 0 Å². The molecule has 5 heteroatoms. The lowest BCUT2D eigenvalue weighted by Crippen LogP contribution is -2.40. The fourth-order valence-electron chi connectivity index (χ4n) is 2.38. The van der Waals surface area contributed by atoms with Crippen molar-refractivity contribution in [1.82, 2.24) is 15.3 Å². The predicted octanol–water partition coefficient (Wildman–Crippen LogP) is 4.18. The van der Waals surface area contributed by atoms with Crippen molar-refractivity contribution in [2.45, 2.75) is 53.0 Å². The maximum atomic E-state index is 12.1. The zero-order chi connectivity index (χ0) is 17.9. The number of benzene rings is 1. The lowest BCUT2D eigenvalue weighted by Gasteiger charge is -2.20. The Balaban J connectivity index is 2.20. The van der Waals surface area contributed by atoms with E-state index >= 15 is 0 Å². The van der Waals surface area contributed by atoms with Crippen LogP contribution in [0.1, 0.15) is 62.2 Å². The maximum absolute atomic E-state index is 12.1. The van der Waals surface area contributed by atoms with E-state index < -0.39 is 0 Å². The molecular formula is C19H26N4O. The second kappa shape index (κ2) is 6.99. The Morgan fingerprint density at radius 2 is 1.83 bits per heavy atom. The van der Waals surface area contributed by atoms with Crippen LogP contribution >= 0.6 is 0 Å². The SMILES string of the molecule is Cc1cccc(C(C)C)c1Nc1cnc(C(=O)NC(C)(C)C)cn1. The third kappa shape index (κ3) is 4.54. The molecule has 1 amide bonds. The van der Waals surface area contributed by atoms with Gasteiger partial charge >= 0.3 is 0 Å². The first-order chi connectivity index (χ1) is 11.2. The van der Waals surface area contributed by atoms with Gasteiger partial charge in [0.25, 0.3) is 5.91 Å². The summed E-state index contributed by atoms with van der Waals surface area (Å²) in [6.07, 6.45) is 3.09. The van der Waals surface area contributed by atoms with Gasteiger partial charge in [-0.25, -0.2) is 9.97 Å². The Bertz CT molecular complexity index is 715. The third-order valence-electron chi connectivity index (χ3n) is 3.55. The Kier molecular flexibility index (Phi) is 5.22. The van der Waals surface area contributed by atoms with Gasteiger partial charge in [-0.15, -0.1) is 0 Å². The van der Waals surface area contributed by atoms with Crippen LogP contribution in [0.25, 0.3) is 0 Å². The number of carbonyl (C=O) groups is 1. The zero-order valence-corrected chi connectivity index (χ0v) is 15.3. The number of carbonyl (C=O) groups excluding carboxylic acids is 1. The lowest BCUT2D eigenvalue weighted by molar-refractivity contribution is 0.0914. The Morgan fingerprint density at radius 1 is 1.12 bits per heavy atom. The molecule has 24 heavy (non-hydrogen) atoms. The largest absolute Gasteiger partial charge is 0.346 e. The summed E-state index contributed by atoms with van der Waals surface area (Å²) in [4.78, 5) is 20.7. The smallest absolute Gasteiger partial charge is 0.271 e. The molecule has 0 saturated heterocycles. The highest BCUT2D eigenvalue weighted by molar-refractivity contribution is 5.92. The van der Waals surface area contributed by atoms with E-state index in [0.717, 1.165) is 11.3 Å². The van der Waals surface area contributed by atoms with Crippen LogP contribution in [0.4, 0.5) is 11.5 Å². The van der Waals surface area contributed by atoms with Gasteiger partial charge in [-0.3, -0.25) is 4.79 Å². The second-order valence-corrected chi connectivity index (χ2v) is 7.31. The van der Waals surface area contributed by atoms with Crippen LogP contribution in [0.3, 0.4) is 0 Å². The molecule has 2 aromatic rings. The summed E-state index contributed by atoms with van der Waals surface area (Å²) in [5.41, 5.74) is 3.44. The molecule has 0 aliphatic heterocycles. The number of aromatic nitrogens is 2. The second-order valence-electron chi connectivity index (χ2n) is 7.31. The minimum atomic E-state index is -0.303. The van der Waals surface area contributed by atoms with Gasteiger partial charge in [0.2, 0.25) is 0 Å². The minimum Gasteiger partial charge on any atom is -0.346 e. The Labute approximate surface area is 143 Å². The van der Waals surface area contributed by atoms with E-state index in [0.29, 0.717) is 17.4 Å². The number of hydrogen-bond acceptors (Lipinski definition) is 4. The van der Waals surface area contributed by atoms with Crippen molar-refractivity contribution in [3.63, 3.8) is 0 Å². The number of rotatable bonds is 4. The summed E-state index contributed by atoms with van der Waals surface area (Å²) in [6.45, 7) is 12.2. The van der Waals surface area contributed by atoms with Crippen molar-refractivity contribution in [1.29, 1.82) is 0 Å². The van der Waals surface area contributed by atoms with Crippen molar-refractivity contribution >= 4 is 17.4 Å². The first-order valence-electron chi connectivity index (χ1n) is 8.18. The quantitative estimate of drug-likeness (QED) is 0.884. The number of aryl methyl sites for hydroxylation is 1. The Hall–Kier alpha value is -2.43. The maximum Gasteiger partial charge on any atom is 0.271 e. The van der Waals surface area contributed by atoms with Gasteiger partial charge < -0.3 is 10.6 Å². The molecule has 2 rings (SSSR count). The number of para-hydroxylation sites is 1. The van der Waals surface area contributed by atoms with Gasteiger partial charge in [0.15, 0.2) is 0 Å². The summed E-state index contributed by atoms with van der Waals surface area (Å²) >= 11 is 0. The fraction of sp³-hybridized carbons (Fsp3) is 0.421. The Morgan fingerprint density at radius 3 is 2.38 bits per heavy atom. The number of amides is 1. The molecule has 128 valence electrons. The van der Waals surface area contributed by atoms with Crippen molar-refractivity contribution in [2.75, 3.05) is 5.32 Å². The molecule has 0 fully saturated rings. The summed E-state index contributed by atoms with van der Waals surface area (Å²) in [7, 11) is 0.